The molecule has 1 aromatic carbocycles. The zero-order valence-corrected chi connectivity index (χ0v) is 15.8. The van der Waals surface area contributed by atoms with Gasteiger partial charge in [-0.1, -0.05) is 17.7 Å². The van der Waals surface area contributed by atoms with Gasteiger partial charge in [0, 0.05) is 31.9 Å². The maximum atomic E-state index is 11.8. The molecule has 3 rings (SSSR count). The zero-order chi connectivity index (χ0) is 20.1. The second-order valence-corrected chi connectivity index (χ2v) is 6.32. The molecule has 0 atom stereocenters. The highest BCUT2D eigenvalue weighted by atomic mass is 16.6. The van der Waals surface area contributed by atoms with Crippen LogP contribution in [-0.2, 0) is 4.74 Å². The highest BCUT2D eigenvalue weighted by Crippen LogP contribution is 2.34. The van der Waals surface area contributed by atoms with Crippen molar-refractivity contribution in [2.75, 3.05) is 43.0 Å². The van der Waals surface area contributed by atoms with Crippen LogP contribution in [0, 0.1) is 17.0 Å². The smallest absolute Gasteiger partial charge is 0.409 e. The summed E-state index contributed by atoms with van der Waals surface area (Å²) in [7, 11) is 0. The third-order valence-electron chi connectivity index (χ3n) is 4.41. The first-order valence-electron chi connectivity index (χ1n) is 8.99. The number of nitrogens with one attached hydrogen (secondary N) is 1. The molecular weight excluding hydrogens is 364 g/mol. The first kappa shape index (κ1) is 19.3. The molecule has 1 aliphatic rings. The lowest BCUT2D eigenvalue weighted by molar-refractivity contribution is -0.383. The van der Waals surface area contributed by atoms with Gasteiger partial charge >= 0.3 is 11.8 Å². The normalized spacial score (nSPS) is 13.9. The van der Waals surface area contributed by atoms with E-state index in [1.54, 1.807) is 16.7 Å². The first-order valence-corrected chi connectivity index (χ1v) is 8.99. The number of nitrogens with zero attached hydrogens (tertiary/aromatic N) is 5. The zero-order valence-electron chi connectivity index (χ0n) is 15.8. The molecule has 0 spiro atoms. The molecule has 0 radical (unpaired) electrons. The third-order valence-corrected chi connectivity index (χ3v) is 4.41. The van der Waals surface area contributed by atoms with Crippen molar-refractivity contribution in [2.24, 2.45) is 0 Å². The number of carbonyl (C=O) groups is 1. The summed E-state index contributed by atoms with van der Waals surface area (Å²) in [6, 6.07) is 7.48. The second kappa shape index (κ2) is 8.51. The number of aromatic nitrogens is 2. The largest absolute Gasteiger partial charge is 0.450 e. The Kier molecular flexibility index (Phi) is 5.87. The molecule has 1 amide bonds. The molecule has 0 aliphatic carbocycles. The summed E-state index contributed by atoms with van der Waals surface area (Å²) in [5, 5.41) is 14.8. The van der Waals surface area contributed by atoms with Crippen LogP contribution >= 0.6 is 0 Å². The minimum Gasteiger partial charge on any atom is -0.450 e. The summed E-state index contributed by atoms with van der Waals surface area (Å²) in [6.07, 6.45) is 0.928. The second-order valence-electron chi connectivity index (χ2n) is 6.32. The van der Waals surface area contributed by atoms with E-state index in [1.165, 1.54) is 6.33 Å². The van der Waals surface area contributed by atoms with Gasteiger partial charge in [0.2, 0.25) is 11.6 Å². The number of hydrogen-bond donors (Lipinski definition) is 1. The summed E-state index contributed by atoms with van der Waals surface area (Å²) < 4.78 is 5.00. The Balaban J connectivity index is 1.81. The van der Waals surface area contributed by atoms with Crippen molar-refractivity contribution >= 4 is 29.1 Å². The first-order chi connectivity index (χ1) is 13.5. The third kappa shape index (κ3) is 4.27. The van der Waals surface area contributed by atoms with Gasteiger partial charge in [0.15, 0.2) is 0 Å². The molecule has 10 nitrogen and oxygen atoms in total. The van der Waals surface area contributed by atoms with Gasteiger partial charge in [0.05, 0.1) is 11.5 Å². The van der Waals surface area contributed by atoms with Crippen molar-refractivity contribution in [3.8, 4) is 0 Å². The molecule has 0 bridgehead atoms. The summed E-state index contributed by atoms with van der Waals surface area (Å²) in [4.78, 5) is 34.7. The molecule has 1 saturated heterocycles. The van der Waals surface area contributed by atoms with Crippen molar-refractivity contribution in [3.63, 3.8) is 0 Å². The fraction of sp³-hybridized carbons (Fsp3) is 0.389. The number of anilines is 3. The predicted molar refractivity (Wildman–Crippen MR) is 104 cm³/mol. The van der Waals surface area contributed by atoms with Crippen molar-refractivity contribution in [1.29, 1.82) is 0 Å². The van der Waals surface area contributed by atoms with Gasteiger partial charge in [0.1, 0.15) is 6.33 Å². The van der Waals surface area contributed by atoms with Gasteiger partial charge in [-0.05, 0) is 26.0 Å². The van der Waals surface area contributed by atoms with Crippen LogP contribution in [0.1, 0.15) is 12.5 Å². The summed E-state index contributed by atoms with van der Waals surface area (Å²) in [5.74, 6) is 0.366. The minimum absolute atomic E-state index is 0.131. The Labute approximate surface area is 162 Å². The van der Waals surface area contributed by atoms with E-state index in [-0.39, 0.29) is 23.4 Å². The maximum absolute atomic E-state index is 11.8. The Morgan fingerprint density at radius 1 is 1.21 bits per heavy atom. The average molecular weight is 386 g/mol. The molecule has 0 unspecified atom stereocenters. The molecule has 28 heavy (non-hydrogen) atoms. The van der Waals surface area contributed by atoms with Gasteiger partial charge in [0.25, 0.3) is 0 Å². The van der Waals surface area contributed by atoms with E-state index in [0.29, 0.717) is 38.5 Å². The van der Waals surface area contributed by atoms with Crippen LogP contribution in [0.3, 0.4) is 0 Å². The highest BCUT2D eigenvalue weighted by Gasteiger charge is 2.30. The van der Waals surface area contributed by atoms with Gasteiger partial charge in [-0.2, -0.15) is 0 Å². The number of amides is 1. The number of aryl methyl sites for hydroxylation is 1. The Hall–Kier alpha value is -3.43. The number of rotatable bonds is 5. The fourth-order valence-corrected chi connectivity index (χ4v) is 2.95. The van der Waals surface area contributed by atoms with Crippen LogP contribution in [0.2, 0.25) is 0 Å². The van der Waals surface area contributed by atoms with E-state index in [9.17, 15) is 14.9 Å². The minimum atomic E-state index is -0.483. The molecule has 2 aromatic rings. The molecule has 2 heterocycles. The number of nitro groups is 1. The van der Waals surface area contributed by atoms with Crippen molar-refractivity contribution < 1.29 is 14.5 Å². The summed E-state index contributed by atoms with van der Waals surface area (Å²) in [5.41, 5.74) is 1.60. The van der Waals surface area contributed by atoms with E-state index < -0.39 is 4.92 Å². The fourth-order valence-electron chi connectivity index (χ4n) is 2.95. The summed E-state index contributed by atoms with van der Waals surface area (Å²) >= 11 is 0. The number of hydrogen-bond acceptors (Lipinski definition) is 8. The molecule has 1 aromatic heterocycles. The predicted octanol–water partition coefficient (Wildman–Crippen LogP) is 2.72. The van der Waals surface area contributed by atoms with E-state index in [2.05, 4.69) is 15.3 Å². The Bertz CT molecular complexity index is 850. The van der Waals surface area contributed by atoms with E-state index in [1.807, 2.05) is 31.2 Å². The van der Waals surface area contributed by atoms with E-state index >= 15 is 0 Å². The van der Waals surface area contributed by atoms with Crippen LogP contribution in [0.15, 0.2) is 30.6 Å². The average Bonchev–Trinajstić information content (AvgIpc) is 2.69. The number of benzene rings is 1. The van der Waals surface area contributed by atoms with Crippen molar-refractivity contribution in [2.45, 2.75) is 13.8 Å². The van der Waals surface area contributed by atoms with E-state index in [0.717, 1.165) is 5.56 Å². The van der Waals surface area contributed by atoms with Gasteiger partial charge in [-0.25, -0.2) is 14.8 Å². The maximum Gasteiger partial charge on any atom is 0.409 e. The number of carbonyl (C=O) groups excluding carboxylic acids is 1. The van der Waals surface area contributed by atoms with Gasteiger partial charge < -0.3 is 19.9 Å². The Morgan fingerprint density at radius 3 is 2.50 bits per heavy atom. The monoisotopic (exact) mass is 386 g/mol. The molecule has 148 valence electrons. The lowest BCUT2D eigenvalue weighted by Crippen LogP contribution is -2.49. The number of piperazine rings is 1. The van der Waals surface area contributed by atoms with Crippen LogP contribution < -0.4 is 10.2 Å². The highest BCUT2D eigenvalue weighted by molar-refractivity contribution is 5.75. The molecule has 10 heteroatoms. The lowest BCUT2D eigenvalue weighted by atomic mass is 10.2. The van der Waals surface area contributed by atoms with Gasteiger partial charge in [-0.15, -0.1) is 0 Å². The molecule has 1 N–H and O–H groups in total. The van der Waals surface area contributed by atoms with Crippen molar-refractivity contribution in [3.05, 3.63) is 46.3 Å². The Morgan fingerprint density at radius 2 is 1.89 bits per heavy atom. The lowest BCUT2D eigenvalue weighted by Gasteiger charge is -2.34. The standard InChI is InChI=1S/C18H22N6O4/c1-3-28-18(25)23-10-8-22(9-11-23)17-15(24(26)27)16(19-12-20-17)21-14-6-4-13(2)5-7-14/h4-7,12H,3,8-11H2,1-2H3,(H,19,20,21). The molecule has 0 saturated carbocycles. The van der Waals surface area contributed by atoms with Crippen LogP contribution in [0.25, 0.3) is 0 Å². The quantitative estimate of drug-likeness (QED) is 0.616. The number of ether oxygens (including phenoxy) is 1. The summed E-state index contributed by atoms with van der Waals surface area (Å²) in [6.45, 7) is 5.67. The molecular formula is C18H22N6O4. The van der Waals surface area contributed by atoms with Crippen LogP contribution in [0.4, 0.5) is 27.8 Å². The molecule has 1 fully saturated rings. The van der Waals surface area contributed by atoms with E-state index in [4.69, 9.17) is 4.74 Å². The van der Waals surface area contributed by atoms with Crippen molar-refractivity contribution in [1.82, 2.24) is 14.9 Å². The van der Waals surface area contributed by atoms with Crippen LogP contribution in [-0.4, -0.2) is 58.7 Å². The van der Waals surface area contributed by atoms with Crippen LogP contribution in [0.5, 0.6) is 0 Å². The topological polar surface area (TPSA) is 114 Å². The molecule has 1 aliphatic heterocycles. The SMILES string of the molecule is CCOC(=O)N1CCN(c2ncnc(Nc3ccc(C)cc3)c2[N+](=O)[O-])CC1. The van der Waals surface area contributed by atoms with Gasteiger partial charge in [-0.3, -0.25) is 10.1 Å².